The molecule has 1 saturated carbocycles. The number of carbonyl (C=O) groups excluding carboxylic acids is 1. The largest absolute Gasteiger partial charge is 0.389 e. The van der Waals surface area contributed by atoms with Crippen molar-refractivity contribution in [3.63, 3.8) is 0 Å². The zero-order valence-corrected chi connectivity index (χ0v) is 12.3. The lowest BCUT2D eigenvalue weighted by molar-refractivity contribution is -0.120. The number of nitrogens with zero attached hydrogens (tertiary/aromatic N) is 1. The summed E-state index contributed by atoms with van der Waals surface area (Å²) in [6.45, 7) is 6.56. The number of carbonyl (C=O) groups is 1. The predicted octanol–water partition coefficient (Wildman–Crippen LogP) is 1.53. The van der Waals surface area contributed by atoms with Crippen molar-refractivity contribution >= 4 is 5.91 Å². The van der Waals surface area contributed by atoms with Gasteiger partial charge in [-0.05, 0) is 51.0 Å². The summed E-state index contributed by atoms with van der Waals surface area (Å²) < 4.78 is 0. The Labute approximate surface area is 116 Å². The average molecular weight is 268 g/mol. The number of amides is 1. The molecule has 0 aromatic heterocycles. The number of hydrogen-bond donors (Lipinski definition) is 2. The Morgan fingerprint density at radius 2 is 2.05 bits per heavy atom. The molecule has 0 spiro atoms. The molecular formula is C15H28N2O2. The fourth-order valence-corrected chi connectivity index (χ4v) is 3.48. The molecule has 1 aliphatic heterocycles. The van der Waals surface area contributed by atoms with E-state index in [0.717, 1.165) is 64.1 Å². The summed E-state index contributed by atoms with van der Waals surface area (Å²) in [5.74, 6) is 0.811. The van der Waals surface area contributed by atoms with E-state index in [1.807, 2.05) is 0 Å². The van der Waals surface area contributed by atoms with Gasteiger partial charge >= 0.3 is 0 Å². The lowest BCUT2D eigenvalue weighted by atomic mass is 9.79. The van der Waals surface area contributed by atoms with Crippen LogP contribution >= 0.6 is 0 Å². The Morgan fingerprint density at radius 3 is 2.68 bits per heavy atom. The van der Waals surface area contributed by atoms with Crippen LogP contribution in [0.25, 0.3) is 0 Å². The van der Waals surface area contributed by atoms with Gasteiger partial charge in [0.25, 0.3) is 0 Å². The van der Waals surface area contributed by atoms with Crippen molar-refractivity contribution < 1.29 is 9.90 Å². The molecule has 19 heavy (non-hydrogen) atoms. The fraction of sp³-hybridized carbons (Fsp3) is 0.933. The standard InChI is InChI=1S/C15H28N2O2/c1-12-5-7-15(19,8-6-12)11-17-9-3-4-14(10-17)16-13(2)18/h12,14,19H,3-11H2,1-2H3,(H,16,18). The summed E-state index contributed by atoms with van der Waals surface area (Å²) >= 11 is 0. The summed E-state index contributed by atoms with van der Waals surface area (Å²) in [6, 6.07) is 0.261. The Kier molecular flexibility index (Phi) is 4.85. The van der Waals surface area contributed by atoms with Gasteiger partial charge in [-0.15, -0.1) is 0 Å². The molecule has 2 fully saturated rings. The van der Waals surface area contributed by atoms with Gasteiger partial charge in [0, 0.05) is 26.1 Å². The molecule has 0 bridgehead atoms. The normalized spacial score (nSPS) is 37.0. The van der Waals surface area contributed by atoms with Gasteiger partial charge in [0.15, 0.2) is 0 Å². The Hall–Kier alpha value is -0.610. The van der Waals surface area contributed by atoms with Gasteiger partial charge in [-0.1, -0.05) is 6.92 Å². The van der Waals surface area contributed by atoms with Crippen LogP contribution < -0.4 is 5.32 Å². The van der Waals surface area contributed by atoms with Crippen LogP contribution in [0.4, 0.5) is 0 Å². The number of aliphatic hydroxyl groups is 1. The number of likely N-dealkylation sites (tertiary alicyclic amines) is 1. The minimum atomic E-state index is -0.495. The maximum absolute atomic E-state index is 11.1. The van der Waals surface area contributed by atoms with Crippen molar-refractivity contribution in [2.45, 2.75) is 64.0 Å². The molecule has 4 heteroatoms. The SMILES string of the molecule is CC(=O)NC1CCCN(CC2(O)CCC(C)CC2)C1. The molecule has 1 unspecified atom stereocenters. The van der Waals surface area contributed by atoms with E-state index in [2.05, 4.69) is 17.1 Å². The van der Waals surface area contributed by atoms with Gasteiger partial charge in [-0.2, -0.15) is 0 Å². The predicted molar refractivity (Wildman–Crippen MR) is 75.9 cm³/mol. The highest BCUT2D eigenvalue weighted by Gasteiger charge is 2.34. The van der Waals surface area contributed by atoms with E-state index in [1.54, 1.807) is 6.92 Å². The molecular weight excluding hydrogens is 240 g/mol. The first kappa shape index (κ1) is 14.8. The number of rotatable bonds is 3. The molecule has 4 nitrogen and oxygen atoms in total. The molecule has 1 saturated heterocycles. The monoisotopic (exact) mass is 268 g/mol. The van der Waals surface area contributed by atoms with Crippen LogP contribution in [0.2, 0.25) is 0 Å². The molecule has 1 amide bonds. The van der Waals surface area contributed by atoms with Crippen molar-refractivity contribution in [3.8, 4) is 0 Å². The second-order valence-electron chi connectivity index (χ2n) is 6.68. The van der Waals surface area contributed by atoms with Gasteiger partial charge in [0.05, 0.1) is 5.60 Å². The van der Waals surface area contributed by atoms with Crippen LogP contribution in [0.1, 0.15) is 52.4 Å². The molecule has 0 aromatic rings. The topological polar surface area (TPSA) is 52.6 Å². The first-order valence-corrected chi connectivity index (χ1v) is 7.69. The average Bonchev–Trinajstić information content (AvgIpc) is 2.33. The van der Waals surface area contributed by atoms with Gasteiger partial charge in [0.1, 0.15) is 0 Å². The fourth-order valence-electron chi connectivity index (χ4n) is 3.48. The van der Waals surface area contributed by atoms with Crippen molar-refractivity contribution in [2.24, 2.45) is 5.92 Å². The summed E-state index contributed by atoms with van der Waals surface area (Å²) in [4.78, 5) is 13.5. The molecule has 110 valence electrons. The Balaban J connectivity index is 1.83. The third-order valence-corrected chi connectivity index (χ3v) is 4.64. The van der Waals surface area contributed by atoms with E-state index in [4.69, 9.17) is 0 Å². The van der Waals surface area contributed by atoms with Crippen LogP contribution in [0.3, 0.4) is 0 Å². The summed E-state index contributed by atoms with van der Waals surface area (Å²) in [7, 11) is 0. The van der Waals surface area contributed by atoms with E-state index < -0.39 is 5.60 Å². The lowest BCUT2D eigenvalue weighted by Crippen LogP contribution is -2.52. The highest BCUT2D eigenvalue weighted by Crippen LogP contribution is 2.32. The second-order valence-corrected chi connectivity index (χ2v) is 6.68. The molecule has 2 aliphatic rings. The number of piperidine rings is 1. The zero-order chi connectivity index (χ0) is 13.9. The zero-order valence-electron chi connectivity index (χ0n) is 12.3. The van der Waals surface area contributed by atoms with E-state index in [1.165, 1.54) is 0 Å². The number of nitrogens with one attached hydrogen (secondary N) is 1. The second kappa shape index (κ2) is 6.23. The minimum Gasteiger partial charge on any atom is -0.389 e. The highest BCUT2D eigenvalue weighted by atomic mass is 16.3. The molecule has 0 radical (unpaired) electrons. The Bertz CT molecular complexity index is 311. The van der Waals surface area contributed by atoms with E-state index in [0.29, 0.717) is 0 Å². The van der Waals surface area contributed by atoms with Crippen LogP contribution in [-0.2, 0) is 4.79 Å². The number of β-amino-alcohol motifs (C(OH)–C–C–N with tert-alkyl or cyclic N) is 1. The van der Waals surface area contributed by atoms with Crippen LogP contribution in [0.5, 0.6) is 0 Å². The summed E-state index contributed by atoms with van der Waals surface area (Å²) in [5.41, 5.74) is -0.495. The first-order valence-electron chi connectivity index (χ1n) is 7.69. The molecule has 1 aliphatic carbocycles. The molecule has 1 atom stereocenters. The van der Waals surface area contributed by atoms with Gasteiger partial charge in [-0.3, -0.25) is 9.69 Å². The molecule has 0 aromatic carbocycles. The summed E-state index contributed by atoms with van der Waals surface area (Å²) in [5, 5.41) is 13.7. The van der Waals surface area contributed by atoms with Crippen LogP contribution in [-0.4, -0.2) is 47.2 Å². The van der Waals surface area contributed by atoms with Crippen LogP contribution in [0, 0.1) is 5.92 Å². The summed E-state index contributed by atoms with van der Waals surface area (Å²) in [6.07, 6.45) is 6.30. The van der Waals surface area contributed by atoms with Crippen molar-refractivity contribution in [1.29, 1.82) is 0 Å². The third kappa shape index (κ3) is 4.46. The smallest absolute Gasteiger partial charge is 0.217 e. The molecule has 2 rings (SSSR count). The van der Waals surface area contributed by atoms with Gasteiger partial charge in [-0.25, -0.2) is 0 Å². The lowest BCUT2D eigenvalue weighted by Gasteiger charge is -2.41. The third-order valence-electron chi connectivity index (χ3n) is 4.64. The highest BCUT2D eigenvalue weighted by molar-refractivity contribution is 5.73. The van der Waals surface area contributed by atoms with Gasteiger partial charge < -0.3 is 10.4 Å². The first-order chi connectivity index (χ1) is 8.97. The van der Waals surface area contributed by atoms with E-state index >= 15 is 0 Å². The maximum Gasteiger partial charge on any atom is 0.217 e. The van der Waals surface area contributed by atoms with Crippen molar-refractivity contribution in [3.05, 3.63) is 0 Å². The van der Waals surface area contributed by atoms with Crippen molar-refractivity contribution in [1.82, 2.24) is 10.2 Å². The maximum atomic E-state index is 11.1. The quantitative estimate of drug-likeness (QED) is 0.816. The molecule has 1 heterocycles. The van der Waals surface area contributed by atoms with Crippen LogP contribution in [0.15, 0.2) is 0 Å². The van der Waals surface area contributed by atoms with Crippen molar-refractivity contribution in [2.75, 3.05) is 19.6 Å². The molecule has 2 N–H and O–H groups in total. The van der Waals surface area contributed by atoms with E-state index in [-0.39, 0.29) is 11.9 Å². The number of hydrogen-bond acceptors (Lipinski definition) is 3. The Morgan fingerprint density at radius 1 is 1.37 bits per heavy atom. The van der Waals surface area contributed by atoms with E-state index in [9.17, 15) is 9.90 Å². The minimum absolute atomic E-state index is 0.0528. The van der Waals surface area contributed by atoms with Gasteiger partial charge in [0.2, 0.25) is 5.91 Å².